The number of benzene rings is 1. The molecule has 2 aromatic heterocycles. The van der Waals surface area contributed by atoms with E-state index < -0.39 is 0 Å². The second-order valence-electron chi connectivity index (χ2n) is 6.61. The summed E-state index contributed by atoms with van der Waals surface area (Å²) in [6, 6.07) is 8.19. The number of piperidine rings is 1. The van der Waals surface area contributed by atoms with Crippen LogP contribution in [0.4, 0.5) is 0 Å². The summed E-state index contributed by atoms with van der Waals surface area (Å²) in [5.74, 6) is 2.30. The first kappa shape index (κ1) is 19.7. The second-order valence-corrected chi connectivity index (χ2v) is 9.80. The largest absolute Gasteiger partial charge is 0.342 e. The van der Waals surface area contributed by atoms with Gasteiger partial charge in [0.25, 0.3) is 0 Å². The normalized spacial score (nSPS) is 14.7. The molecule has 0 aliphatic carbocycles. The molecule has 28 heavy (non-hydrogen) atoms. The molecule has 0 unspecified atom stereocenters. The average Bonchev–Trinajstić information content (AvgIpc) is 3.33. The van der Waals surface area contributed by atoms with Gasteiger partial charge in [-0.2, -0.15) is 0 Å². The van der Waals surface area contributed by atoms with Crippen LogP contribution in [0.15, 0.2) is 33.8 Å². The topological polar surface area (TPSA) is 63.9 Å². The molecule has 4 rings (SSSR count). The van der Waals surface area contributed by atoms with Gasteiger partial charge in [-0.25, -0.2) is 4.98 Å². The molecule has 1 aliphatic heterocycles. The van der Waals surface area contributed by atoms with Gasteiger partial charge in [-0.3, -0.25) is 4.79 Å². The molecule has 1 aliphatic rings. The van der Waals surface area contributed by atoms with Gasteiger partial charge < -0.3 is 9.47 Å². The van der Waals surface area contributed by atoms with Crippen LogP contribution >= 0.6 is 34.9 Å². The van der Waals surface area contributed by atoms with Crippen molar-refractivity contribution in [3.05, 3.63) is 30.1 Å². The molecule has 0 spiro atoms. The van der Waals surface area contributed by atoms with Crippen LogP contribution in [0.2, 0.25) is 0 Å². The number of hydrogen-bond acceptors (Lipinski definition) is 7. The molecule has 1 saturated heterocycles. The van der Waals surface area contributed by atoms with Gasteiger partial charge in [-0.1, -0.05) is 35.7 Å². The molecule has 0 saturated carbocycles. The summed E-state index contributed by atoms with van der Waals surface area (Å²) < 4.78 is 4.35. The highest BCUT2D eigenvalue weighted by Gasteiger charge is 2.19. The first-order chi connectivity index (χ1) is 13.7. The van der Waals surface area contributed by atoms with E-state index in [1.165, 1.54) is 22.9 Å². The number of thiazole rings is 1. The Balaban J connectivity index is 1.37. The molecular weight excluding hydrogens is 410 g/mol. The van der Waals surface area contributed by atoms with Gasteiger partial charge in [0, 0.05) is 19.6 Å². The SMILES string of the molecule is CCn1c(CSc2nc3ccccc3s2)nnc1SCC(=O)N1CCCCC1. The fourth-order valence-corrected chi connectivity index (χ4v) is 6.18. The van der Waals surface area contributed by atoms with Gasteiger partial charge in [0.15, 0.2) is 9.50 Å². The molecule has 1 amide bonds. The van der Waals surface area contributed by atoms with Gasteiger partial charge >= 0.3 is 0 Å². The van der Waals surface area contributed by atoms with E-state index in [2.05, 4.69) is 32.7 Å². The maximum Gasteiger partial charge on any atom is 0.233 e. The van der Waals surface area contributed by atoms with Crippen LogP contribution < -0.4 is 0 Å². The van der Waals surface area contributed by atoms with Crippen molar-refractivity contribution in [1.82, 2.24) is 24.6 Å². The second kappa shape index (κ2) is 9.28. The third-order valence-electron chi connectivity index (χ3n) is 4.74. The van der Waals surface area contributed by atoms with Crippen LogP contribution in [-0.4, -0.2) is 49.4 Å². The third kappa shape index (κ3) is 4.52. The number of aromatic nitrogens is 4. The average molecular weight is 434 g/mol. The number of para-hydroxylation sites is 1. The van der Waals surface area contributed by atoms with E-state index in [1.807, 2.05) is 23.1 Å². The molecule has 0 atom stereocenters. The van der Waals surface area contributed by atoms with E-state index in [0.717, 1.165) is 59.1 Å². The number of likely N-dealkylation sites (tertiary alicyclic amines) is 1. The van der Waals surface area contributed by atoms with Gasteiger partial charge in [0.2, 0.25) is 5.91 Å². The smallest absolute Gasteiger partial charge is 0.233 e. The minimum Gasteiger partial charge on any atom is -0.342 e. The summed E-state index contributed by atoms with van der Waals surface area (Å²) in [6.45, 7) is 4.67. The molecule has 9 heteroatoms. The number of carbonyl (C=O) groups is 1. The van der Waals surface area contributed by atoms with Crippen molar-refractivity contribution in [3.8, 4) is 0 Å². The zero-order chi connectivity index (χ0) is 19.3. The Morgan fingerprint density at radius 1 is 1.14 bits per heavy atom. The molecule has 148 valence electrons. The number of amides is 1. The molecule has 0 radical (unpaired) electrons. The van der Waals surface area contributed by atoms with Crippen molar-refractivity contribution >= 4 is 51.0 Å². The number of nitrogens with zero attached hydrogens (tertiary/aromatic N) is 5. The summed E-state index contributed by atoms with van der Waals surface area (Å²) in [5.41, 5.74) is 1.04. The summed E-state index contributed by atoms with van der Waals surface area (Å²) in [6.07, 6.45) is 3.47. The number of hydrogen-bond donors (Lipinski definition) is 0. The van der Waals surface area contributed by atoms with E-state index in [0.29, 0.717) is 5.75 Å². The lowest BCUT2D eigenvalue weighted by Gasteiger charge is -2.26. The lowest BCUT2D eigenvalue weighted by atomic mass is 10.1. The van der Waals surface area contributed by atoms with E-state index in [9.17, 15) is 4.79 Å². The van der Waals surface area contributed by atoms with E-state index in [-0.39, 0.29) is 5.91 Å². The Morgan fingerprint density at radius 2 is 1.96 bits per heavy atom. The first-order valence-electron chi connectivity index (χ1n) is 9.55. The highest BCUT2D eigenvalue weighted by atomic mass is 32.2. The first-order valence-corrected chi connectivity index (χ1v) is 12.3. The van der Waals surface area contributed by atoms with Crippen molar-refractivity contribution in [2.75, 3.05) is 18.8 Å². The zero-order valence-corrected chi connectivity index (χ0v) is 18.3. The van der Waals surface area contributed by atoms with Crippen LogP contribution in [0.25, 0.3) is 10.2 Å². The summed E-state index contributed by atoms with van der Waals surface area (Å²) >= 11 is 4.89. The maximum atomic E-state index is 12.4. The van der Waals surface area contributed by atoms with Gasteiger partial charge in [-0.15, -0.1) is 21.5 Å². The molecular formula is C19H23N5OS3. The van der Waals surface area contributed by atoms with Crippen molar-refractivity contribution in [1.29, 1.82) is 0 Å². The van der Waals surface area contributed by atoms with E-state index >= 15 is 0 Å². The van der Waals surface area contributed by atoms with E-state index in [1.54, 1.807) is 23.1 Å². The third-order valence-corrected chi connectivity index (χ3v) is 7.87. The Bertz CT molecular complexity index is 915. The lowest BCUT2D eigenvalue weighted by Crippen LogP contribution is -2.36. The van der Waals surface area contributed by atoms with E-state index in [4.69, 9.17) is 0 Å². The van der Waals surface area contributed by atoms with Gasteiger partial charge in [0.05, 0.1) is 21.7 Å². The number of carbonyl (C=O) groups excluding carboxylic acids is 1. The van der Waals surface area contributed by atoms with Crippen LogP contribution in [0.3, 0.4) is 0 Å². The highest BCUT2D eigenvalue weighted by Crippen LogP contribution is 2.31. The van der Waals surface area contributed by atoms with Crippen LogP contribution in [-0.2, 0) is 17.1 Å². The molecule has 1 fully saturated rings. The Hall–Kier alpha value is -1.58. The fraction of sp³-hybridized carbons (Fsp3) is 0.474. The van der Waals surface area contributed by atoms with Crippen molar-refractivity contribution < 1.29 is 4.79 Å². The maximum absolute atomic E-state index is 12.4. The fourth-order valence-electron chi connectivity index (χ4n) is 3.25. The van der Waals surface area contributed by atoms with Crippen molar-refractivity contribution in [2.24, 2.45) is 0 Å². The molecule has 0 N–H and O–H groups in total. The number of thioether (sulfide) groups is 2. The van der Waals surface area contributed by atoms with Crippen LogP contribution in [0.5, 0.6) is 0 Å². The molecule has 0 bridgehead atoms. The predicted octanol–water partition coefficient (Wildman–Crippen LogP) is 4.30. The Morgan fingerprint density at radius 3 is 2.75 bits per heavy atom. The number of fused-ring (bicyclic) bond motifs is 1. The Labute approximate surface area is 177 Å². The van der Waals surface area contributed by atoms with Gasteiger partial charge in [-0.05, 0) is 38.3 Å². The highest BCUT2D eigenvalue weighted by molar-refractivity contribution is 8.00. The van der Waals surface area contributed by atoms with Crippen LogP contribution in [0, 0.1) is 0 Å². The predicted molar refractivity (Wildman–Crippen MR) is 116 cm³/mol. The van der Waals surface area contributed by atoms with Crippen molar-refractivity contribution in [3.63, 3.8) is 0 Å². The molecule has 1 aromatic carbocycles. The minimum absolute atomic E-state index is 0.209. The minimum atomic E-state index is 0.209. The Kier molecular flexibility index (Phi) is 6.54. The summed E-state index contributed by atoms with van der Waals surface area (Å²) in [4.78, 5) is 19.1. The summed E-state index contributed by atoms with van der Waals surface area (Å²) in [5, 5.41) is 9.53. The lowest BCUT2D eigenvalue weighted by molar-refractivity contribution is -0.129. The van der Waals surface area contributed by atoms with Crippen molar-refractivity contribution in [2.45, 2.75) is 48.0 Å². The standard InChI is InChI=1S/C19H23N5OS3/c1-2-24-16(12-27-19-20-14-8-4-5-9-15(14)28-19)21-22-18(24)26-13-17(25)23-10-6-3-7-11-23/h4-5,8-9H,2-3,6-7,10-13H2,1H3. The monoisotopic (exact) mass is 433 g/mol. The molecule has 3 heterocycles. The molecule has 6 nitrogen and oxygen atoms in total. The van der Waals surface area contributed by atoms with Crippen LogP contribution in [0.1, 0.15) is 32.0 Å². The zero-order valence-electron chi connectivity index (χ0n) is 15.8. The molecule has 3 aromatic rings. The number of rotatable bonds is 7. The quantitative estimate of drug-likeness (QED) is 0.518. The van der Waals surface area contributed by atoms with Gasteiger partial charge in [0.1, 0.15) is 5.82 Å². The summed E-state index contributed by atoms with van der Waals surface area (Å²) in [7, 11) is 0.